The molecule has 0 aliphatic carbocycles. The van der Waals surface area contributed by atoms with Crippen molar-refractivity contribution in [2.45, 2.75) is 25.8 Å². The maximum Gasteiger partial charge on any atom is 0.305 e. The number of nitrogens with one attached hydrogen (secondary N) is 1. The van der Waals surface area contributed by atoms with Crippen molar-refractivity contribution in [3.63, 3.8) is 0 Å². The Bertz CT molecular complexity index is 699. The molecule has 0 saturated carbocycles. The van der Waals surface area contributed by atoms with Crippen molar-refractivity contribution in [2.24, 2.45) is 7.05 Å². The van der Waals surface area contributed by atoms with Crippen LogP contribution in [0.25, 0.3) is 0 Å². The summed E-state index contributed by atoms with van der Waals surface area (Å²) in [5.41, 5.74) is 2.43. The number of carbonyl (C=O) groups excluding carboxylic acids is 1. The summed E-state index contributed by atoms with van der Waals surface area (Å²) in [6, 6.07) is 0.0552. The normalized spacial score (nSPS) is 18.7. The molecule has 20 heavy (non-hydrogen) atoms. The second-order valence-corrected chi connectivity index (χ2v) is 5.90. The van der Waals surface area contributed by atoms with Crippen molar-refractivity contribution in [3.05, 3.63) is 38.2 Å². The lowest BCUT2D eigenvalue weighted by Gasteiger charge is -2.23. The van der Waals surface area contributed by atoms with Crippen LogP contribution in [-0.4, -0.2) is 32.1 Å². The van der Waals surface area contributed by atoms with E-state index in [0.717, 1.165) is 42.0 Å². The summed E-state index contributed by atoms with van der Waals surface area (Å²) in [6.45, 7) is 2.68. The highest BCUT2D eigenvalue weighted by Crippen LogP contribution is 2.34. The van der Waals surface area contributed by atoms with E-state index in [0.29, 0.717) is 5.69 Å². The van der Waals surface area contributed by atoms with E-state index in [2.05, 4.69) is 10.1 Å². The summed E-state index contributed by atoms with van der Waals surface area (Å²) < 4.78 is 1.78. The monoisotopic (exact) mass is 292 g/mol. The highest BCUT2D eigenvalue weighted by Gasteiger charge is 2.33. The number of nitrogens with zero attached hydrogens (tertiary/aromatic N) is 3. The molecule has 1 fully saturated rings. The topological polar surface area (TPSA) is 71.0 Å². The quantitative estimate of drug-likeness (QED) is 0.911. The van der Waals surface area contributed by atoms with Crippen LogP contribution >= 0.6 is 11.3 Å². The first-order valence-corrected chi connectivity index (χ1v) is 7.43. The van der Waals surface area contributed by atoms with E-state index in [4.69, 9.17) is 0 Å². The molecular weight excluding hydrogens is 276 g/mol. The number of amides is 1. The van der Waals surface area contributed by atoms with E-state index >= 15 is 0 Å². The van der Waals surface area contributed by atoms with Gasteiger partial charge in [0.05, 0.1) is 11.7 Å². The SMILES string of the molecule is Cc1nn(C)cc1C1CCCN1C(=O)c1csc(=O)[nH]1. The molecule has 3 rings (SSSR count). The van der Waals surface area contributed by atoms with Gasteiger partial charge in [0, 0.05) is 30.7 Å². The fourth-order valence-corrected chi connectivity index (χ4v) is 3.37. The minimum absolute atomic E-state index is 0.0552. The molecule has 2 aromatic rings. The first kappa shape index (κ1) is 13.1. The molecule has 3 heterocycles. The Balaban J connectivity index is 1.91. The molecule has 1 amide bonds. The van der Waals surface area contributed by atoms with Gasteiger partial charge in [-0.25, -0.2) is 0 Å². The standard InChI is InChI=1S/C13H16N4O2S/c1-8-9(6-16(2)15-8)11-4-3-5-17(11)12(18)10-7-20-13(19)14-10/h6-7,11H,3-5H2,1-2H3,(H,14,19). The van der Waals surface area contributed by atoms with E-state index in [1.54, 1.807) is 10.1 Å². The summed E-state index contributed by atoms with van der Waals surface area (Å²) in [4.78, 5) is 27.9. The molecule has 0 radical (unpaired) electrons. The molecule has 1 aliphatic heterocycles. The van der Waals surface area contributed by atoms with E-state index < -0.39 is 0 Å². The van der Waals surface area contributed by atoms with Crippen molar-refractivity contribution >= 4 is 17.2 Å². The second-order valence-electron chi connectivity index (χ2n) is 5.06. The first-order valence-electron chi connectivity index (χ1n) is 6.55. The van der Waals surface area contributed by atoms with Crippen molar-refractivity contribution < 1.29 is 4.79 Å². The fourth-order valence-electron chi connectivity index (χ4n) is 2.82. The Labute approximate surface area is 120 Å². The number of thiazole rings is 1. The number of aromatic nitrogens is 3. The summed E-state index contributed by atoms with van der Waals surface area (Å²) in [5, 5.41) is 5.94. The average molecular weight is 292 g/mol. The maximum atomic E-state index is 12.5. The number of hydrogen-bond acceptors (Lipinski definition) is 4. The Kier molecular flexibility index (Phi) is 3.21. The molecular formula is C13H16N4O2S. The molecule has 1 atom stereocenters. The number of aromatic amines is 1. The van der Waals surface area contributed by atoms with Crippen LogP contribution in [0.5, 0.6) is 0 Å². The largest absolute Gasteiger partial charge is 0.330 e. The fraction of sp³-hybridized carbons (Fsp3) is 0.462. The van der Waals surface area contributed by atoms with Gasteiger partial charge in [-0.2, -0.15) is 5.10 Å². The van der Waals surface area contributed by atoms with Gasteiger partial charge in [-0.05, 0) is 19.8 Å². The molecule has 1 aliphatic rings. The van der Waals surface area contributed by atoms with Crippen LogP contribution in [0.1, 0.15) is 40.6 Å². The minimum Gasteiger partial charge on any atom is -0.330 e. The highest BCUT2D eigenvalue weighted by atomic mass is 32.1. The average Bonchev–Trinajstić information content (AvgIpc) is 3.08. The number of likely N-dealkylation sites (tertiary alicyclic amines) is 1. The van der Waals surface area contributed by atoms with Gasteiger partial charge in [-0.3, -0.25) is 14.3 Å². The van der Waals surface area contributed by atoms with Gasteiger partial charge in [0.2, 0.25) is 0 Å². The predicted molar refractivity (Wildman–Crippen MR) is 75.9 cm³/mol. The van der Waals surface area contributed by atoms with E-state index in [1.807, 2.05) is 25.1 Å². The van der Waals surface area contributed by atoms with Crippen LogP contribution in [0, 0.1) is 6.92 Å². The smallest absolute Gasteiger partial charge is 0.305 e. The van der Waals surface area contributed by atoms with Gasteiger partial charge in [-0.15, -0.1) is 0 Å². The zero-order chi connectivity index (χ0) is 14.3. The second kappa shape index (κ2) is 4.90. The lowest BCUT2D eigenvalue weighted by molar-refractivity contribution is 0.0730. The molecule has 2 aromatic heterocycles. The molecule has 1 unspecified atom stereocenters. The molecule has 0 bridgehead atoms. The van der Waals surface area contributed by atoms with Crippen LogP contribution in [0.2, 0.25) is 0 Å². The highest BCUT2D eigenvalue weighted by molar-refractivity contribution is 7.07. The molecule has 1 saturated heterocycles. The molecule has 6 nitrogen and oxygen atoms in total. The zero-order valence-corrected chi connectivity index (χ0v) is 12.2. The lowest BCUT2D eigenvalue weighted by atomic mass is 10.1. The molecule has 7 heteroatoms. The van der Waals surface area contributed by atoms with E-state index in [9.17, 15) is 9.59 Å². The van der Waals surface area contributed by atoms with Gasteiger partial charge in [0.15, 0.2) is 0 Å². The third-order valence-electron chi connectivity index (χ3n) is 3.68. The van der Waals surface area contributed by atoms with Crippen LogP contribution in [0.3, 0.4) is 0 Å². The molecule has 0 aromatic carbocycles. The van der Waals surface area contributed by atoms with Gasteiger partial charge in [0.25, 0.3) is 5.91 Å². The Morgan fingerprint density at radius 3 is 2.95 bits per heavy atom. The van der Waals surface area contributed by atoms with Crippen LogP contribution in [-0.2, 0) is 7.05 Å². The van der Waals surface area contributed by atoms with Crippen LogP contribution < -0.4 is 4.87 Å². The first-order chi connectivity index (χ1) is 9.56. The van der Waals surface area contributed by atoms with Crippen molar-refractivity contribution in [3.8, 4) is 0 Å². The number of rotatable bonds is 2. The minimum atomic E-state index is -0.193. The number of H-pyrrole nitrogens is 1. The van der Waals surface area contributed by atoms with Gasteiger partial charge in [0.1, 0.15) is 5.69 Å². The summed E-state index contributed by atoms with van der Waals surface area (Å²) in [6.07, 6.45) is 3.88. The van der Waals surface area contributed by atoms with E-state index in [-0.39, 0.29) is 16.8 Å². The summed E-state index contributed by atoms with van der Waals surface area (Å²) >= 11 is 1.02. The zero-order valence-electron chi connectivity index (χ0n) is 11.4. The van der Waals surface area contributed by atoms with Crippen molar-refractivity contribution in [1.82, 2.24) is 19.7 Å². The number of aryl methyl sites for hydroxylation is 2. The van der Waals surface area contributed by atoms with Gasteiger partial charge >= 0.3 is 4.87 Å². The lowest BCUT2D eigenvalue weighted by Crippen LogP contribution is -2.31. The maximum absolute atomic E-state index is 12.5. The molecule has 106 valence electrons. The van der Waals surface area contributed by atoms with Crippen molar-refractivity contribution in [1.29, 1.82) is 0 Å². The van der Waals surface area contributed by atoms with Gasteiger partial charge in [-0.1, -0.05) is 11.3 Å². The molecule has 1 N–H and O–H groups in total. The van der Waals surface area contributed by atoms with E-state index in [1.165, 1.54) is 0 Å². The predicted octanol–water partition coefficient (Wildman–Crippen LogP) is 1.46. The van der Waals surface area contributed by atoms with Gasteiger partial charge < -0.3 is 9.88 Å². The third kappa shape index (κ3) is 2.18. The summed E-state index contributed by atoms with van der Waals surface area (Å²) in [5.74, 6) is -0.103. The number of hydrogen-bond donors (Lipinski definition) is 1. The van der Waals surface area contributed by atoms with Crippen molar-refractivity contribution in [2.75, 3.05) is 6.54 Å². The summed E-state index contributed by atoms with van der Waals surface area (Å²) in [7, 11) is 1.88. The Hall–Kier alpha value is -1.89. The Morgan fingerprint density at radius 2 is 2.35 bits per heavy atom. The van der Waals surface area contributed by atoms with Crippen LogP contribution in [0.4, 0.5) is 0 Å². The van der Waals surface area contributed by atoms with Crippen LogP contribution in [0.15, 0.2) is 16.4 Å². The third-order valence-corrected chi connectivity index (χ3v) is 4.34. The number of carbonyl (C=O) groups is 1. The molecule has 0 spiro atoms. The Morgan fingerprint density at radius 1 is 1.55 bits per heavy atom.